The molecule has 0 fully saturated rings. The van der Waals surface area contributed by atoms with Gasteiger partial charge in [0.1, 0.15) is 0 Å². The van der Waals surface area contributed by atoms with Crippen molar-refractivity contribution in [2.24, 2.45) is 0 Å². The summed E-state index contributed by atoms with van der Waals surface area (Å²) in [5.74, 6) is -0.142. The highest BCUT2D eigenvalue weighted by Gasteiger charge is 2.22. The fourth-order valence-corrected chi connectivity index (χ4v) is 2.92. The summed E-state index contributed by atoms with van der Waals surface area (Å²) in [6.07, 6.45) is 4.56. The van der Waals surface area contributed by atoms with E-state index in [9.17, 15) is 9.59 Å². The Hall–Kier alpha value is -2.68. The van der Waals surface area contributed by atoms with E-state index in [-0.39, 0.29) is 11.8 Å². The number of benzene rings is 2. The molecule has 0 aromatic heterocycles. The summed E-state index contributed by atoms with van der Waals surface area (Å²) >= 11 is 0. The molecular weight excluding hydrogens is 288 g/mol. The average Bonchev–Trinajstić information content (AvgIpc) is 2.95. The summed E-state index contributed by atoms with van der Waals surface area (Å²) < 4.78 is 4.88. The van der Waals surface area contributed by atoms with Crippen LogP contribution in [0.15, 0.2) is 48.5 Å². The number of rotatable bonds is 4. The quantitative estimate of drug-likeness (QED) is 0.632. The Bertz CT molecular complexity index is 787. The highest BCUT2D eigenvalue weighted by Crippen LogP contribution is 2.32. The maximum absolute atomic E-state index is 12.2. The molecule has 0 spiro atoms. The molecule has 0 bridgehead atoms. The van der Waals surface area contributed by atoms with Crippen LogP contribution in [-0.4, -0.2) is 18.4 Å². The first kappa shape index (κ1) is 15.2. The van der Waals surface area contributed by atoms with Crippen LogP contribution >= 0.6 is 0 Å². The van der Waals surface area contributed by atoms with Crippen molar-refractivity contribution >= 4 is 17.8 Å². The molecule has 0 saturated heterocycles. The molecule has 0 atom stereocenters. The van der Waals surface area contributed by atoms with Gasteiger partial charge in [0.25, 0.3) is 0 Å². The van der Waals surface area contributed by atoms with Crippen LogP contribution in [0, 0.1) is 0 Å². The molecule has 0 aliphatic heterocycles. The van der Waals surface area contributed by atoms with E-state index in [2.05, 4.69) is 0 Å². The number of hydrogen-bond donors (Lipinski definition) is 0. The van der Waals surface area contributed by atoms with Crippen LogP contribution in [0.5, 0.6) is 0 Å². The monoisotopic (exact) mass is 306 g/mol. The largest absolute Gasteiger partial charge is 0.463 e. The Morgan fingerprint density at radius 1 is 1.17 bits per heavy atom. The number of ketones is 1. The summed E-state index contributed by atoms with van der Waals surface area (Å²) in [5.41, 5.74) is 4.83. The lowest BCUT2D eigenvalue weighted by atomic mass is 9.95. The summed E-state index contributed by atoms with van der Waals surface area (Å²) in [7, 11) is 0. The molecule has 23 heavy (non-hydrogen) atoms. The number of Topliss-reactive ketones (excluding diaryl/α,β-unsaturated/α-hetero) is 1. The first-order valence-corrected chi connectivity index (χ1v) is 7.79. The molecule has 1 aliphatic rings. The van der Waals surface area contributed by atoms with Gasteiger partial charge >= 0.3 is 5.97 Å². The lowest BCUT2D eigenvalue weighted by Crippen LogP contribution is -1.98. The molecular formula is C20H18O3. The third-order valence-corrected chi connectivity index (χ3v) is 3.95. The molecule has 0 radical (unpaired) electrons. The second-order valence-corrected chi connectivity index (χ2v) is 5.47. The zero-order valence-electron chi connectivity index (χ0n) is 13.0. The minimum Gasteiger partial charge on any atom is -0.463 e. The van der Waals surface area contributed by atoms with Crippen molar-refractivity contribution in [3.63, 3.8) is 0 Å². The number of hydrogen-bond acceptors (Lipinski definition) is 3. The molecule has 3 heteroatoms. The van der Waals surface area contributed by atoms with E-state index in [1.165, 1.54) is 6.08 Å². The van der Waals surface area contributed by atoms with Crippen molar-refractivity contribution < 1.29 is 14.3 Å². The van der Waals surface area contributed by atoms with E-state index in [4.69, 9.17) is 4.74 Å². The van der Waals surface area contributed by atoms with Crippen molar-refractivity contribution in [3.05, 3.63) is 65.2 Å². The summed E-state index contributed by atoms with van der Waals surface area (Å²) in [6.45, 7) is 2.14. The zero-order valence-corrected chi connectivity index (χ0v) is 13.0. The third kappa shape index (κ3) is 3.24. The number of carbonyl (C=O) groups is 2. The minimum atomic E-state index is -0.353. The van der Waals surface area contributed by atoms with Crippen molar-refractivity contribution in [3.8, 4) is 11.1 Å². The number of fused-ring (bicyclic) bond motifs is 1. The summed E-state index contributed by atoms with van der Waals surface area (Å²) in [5, 5.41) is 0. The third-order valence-electron chi connectivity index (χ3n) is 3.95. The maximum Gasteiger partial charge on any atom is 0.330 e. The zero-order chi connectivity index (χ0) is 16.2. The van der Waals surface area contributed by atoms with Crippen LogP contribution in [0.25, 0.3) is 17.2 Å². The maximum atomic E-state index is 12.2. The Morgan fingerprint density at radius 2 is 2.00 bits per heavy atom. The Labute approximate surface area is 135 Å². The van der Waals surface area contributed by atoms with Gasteiger partial charge in [-0.1, -0.05) is 36.4 Å². The van der Waals surface area contributed by atoms with Gasteiger partial charge in [-0.3, -0.25) is 4.79 Å². The number of esters is 1. The normalized spacial score (nSPS) is 13.3. The SMILES string of the molecule is CCOC(=O)/C=C/c1cccc(-c2cccc3c2C(=O)CC3)c1. The highest BCUT2D eigenvalue weighted by atomic mass is 16.5. The van der Waals surface area contributed by atoms with E-state index >= 15 is 0 Å². The van der Waals surface area contributed by atoms with E-state index in [0.29, 0.717) is 13.0 Å². The lowest BCUT2D eigenvalue weighted by molar-refractivity contribution is -0.137. The second-order valence-electron chi connectivity index (χ2n) is 5.47. The number of carbonyl (C=O) groups excluding carboxylic acids is 2. The van der Waals surface area contributed by atoms with Crippen LogP contribution in [-0.2, 0) is 16.0 Å². The van der Waals surface area contributed by atoms with Gasteiger partial charge in [0.2, 0.25) is 0 Å². The van der Waals surface area contributed by atoms with Crippen LogP contribution in [0.4, 0.5) is 0 Å². The van der Waals surface area contributed by atoms with E-state index in [1.807, 2.05) is 42.5 Å². The van der Waals surface area contributed by atoms with Gasteiger partial charge in [0.15, 0.2) is 5.78 Å². The van der Waals surface area contributed by atoms with Gasteiger partial charge in [-0.15, -0.1) is 0 Å². The molecule has 0 unspecified atom stereocenters. The fraction of sp³-hybridized carbons (Fsp3) is 0.200. The Balaban J connectivity index is 1.94. The fourth-order valence-electron chi connectivity index (χ4n) is 2.92. The number of aryl methyl sites for hydroxylation is 1. The van der Waals surface area contributed by atoms with E-state index in [1.54, 1.807) is 13.0 Å². The Kier molecular flexibility index (Phi) is 4.38. The second kappa shape index (κ2) is 6.61. The van der Waals surface area contributed by atoms with E-state index in [0.717, 1.165) is 34.2 Å². The van der Waals surface area contributed by atoms with Crippen molar-refractivity contribution in [2.45, 2.75) is 19.8 Å². The van der Waals surface area contributed by atoms with Crippen molar-refractivity contribution in [2.75, 3.05) is 6.61 Å². The molecule has 3 rings (SSSR count). The topological polar surface area (TPSA) is 43.4 Å². The molecule has 116 valence electrons. The predicted octanol–water partition coefficient (Wildman–Crippen LogP) is 4.06. The first-order valence-electron chi connectivity index (χ1n) is 7.79. The molecule has 2 aromatic rings. The first-order chi connectivity index (χ1) is 11.2. The van der Waals surface area contributed by atoms with Crippen LogP contribution in [0.3, 0.4) is 0 Å². The summed E-state index contributed by atoms with van der Waals surface area (Å²) in [6, 6.07) is 13.8. The van der Waals surface area contributed by atoms with Crippen LogP contribution in [0.1, 0.15) is 34.8 Å². The molecule has 3 nitrogen and oxygen atoms in total. The molecule has 0 saturated carbocycles. The molecule has 2 aromatic carbocycles. The van der Waals surface area contributed by atoms with Gasteiger partial charge < -0.3 is 4.74 Å². The van der Waals surface area contributed by atoms with Crippen molar-refractivity contribution in [1.29, 1.82) is 0 Å². The standard InChI is InChI=1S/C20H18O3/c1-2-23-19(22)12-9-14-5-3-7-16(13-14)17-8-4-6-15-10-11-18(21)20(15)17/h3-9,12-13H,2,10-11H2,1H3/b12-9+. The smallest absolute Gasteiger partial charge is 0.330 e. The molecule has 0 heterocycles. The van der Waals surface area contributed by atoms with E-state index < -0.39 is 0 Å². The highest BCUT2D eigenvalue weighted by molar-refractivity contribution is 6.06. The van der Waals surface area contributed by atoms with Gasteiger partial charge in [-0.2, -0.15) is 0 Å². The van der Waals surface area contributed by atoms with Gasteiger partial charge in [0.05, 0.1) is 6.61 Å². The number of ether oxygens (including phenoxy) is 1. The molecule has 0 N–H and O–H groups in total. The predicted molar refractivity (Wildman–Crippen MR) is 90.2 cm³/mol. The summed E-state index contributed by atoms with van der Waals surface area (Å²) in [4.78, 5) is 23.6. The average molecular weight is 306 g/mol. The minimum absolute atomic E-state index is 0.211. The molecule has 1 aliphatic carbocycles. The van der Waals surface area contributed by atoms with Gasteiger partial charge in [-0.05, 0) is 47.7 Å². The van der Waals surface area contributed by atoms with Crippen LogP contribution < -0.4 is 0 Å². The lowest BCUT2D eigenvalue weighted by Gasteiger charge is -2.08. The molecule has 0 amide bonds. The van der Waals surface area contributed by atoms with Crippen molar-refractivity contribution in [1.82, 2.24) is 0 Å². The van der Waals surface area contributed by atoms with Gasteiger partial charge in [-0.25, -0.2) is 4.79 Å². The Morgan fingerprint density at radius 3 is 2.83 bits per heavy atom. The van der Waals surface area contributed by atoms with Gasteiger partial charge in [0, 0.05) is 18.1 Å². The van der Waals surface area contributed by atoms with Crippen LogP contribution in [0.2, 0.25) is 0 Å².